The second-order valence-electron chi connectivity index (χ2n) is 4.77. The largest absolute Gasteiger partial charge is 0.489 e. The molecule has 0 saturated heterocycles. The zero-order chi connectivity index (χ0) is 15.8. The fourth-order valence-corrected chi connectivity index (χ4v) is 1.74. The Kier molecular flexibility index (Phi) is 6.65. The zero-order valence-corrected chi connectivity index (χ0v) is 12.5. The molecule has 0 fully saturated rings. The van der Waals surface area contributed by atoms with Crippen molar-refractivity contribution >= 4 is 11.8 Å². The topological polar surface area (TPSA) is 67.4 Å². The summed E-state index contributed by atoms with van der Waals surface area (Å²) in [6.45, 7) is 5.15. The summed E-state index contributed by atoms with van der Waals surface area (Å²) in [5, 5.41) is 5.20. The minimum absolute atomic E-state index is 0.263. The van der Waals surface area contributed by atoms with Crippen LogP contribution in [0.2, 0.25) is 0 Å². The van der Waals surface area contributed by atoms with Gasteiger partial charge in [0.25, 0.3) is 0 Å². The number of rotatable bonds is 7. The number of benzene rings is 1. The second kappa shape index (κ2) is 8.24. The highest BCUT2D eigenvalue weighted by molar-refractivity contribution is 5.86. The molecule has 0 aliphatic heterocycles. The molecule has 0 aliphatic carbocycles. The number of hydrogen-bond donors (Lipinski definition) is 2. The number of carbonyl (C=O) groups is 2. The second-order valence-corrected chi connectivity index (χ2v) is 4.77. The Balaban J connectivity index is 2.47. The maximum Gasteiger partial charge on any atom is 0.242 e. The summed E-state index contributed by atoms with van der Waals surface area (Å²) in [4.78, 5) is 22.6. The summed E-state index contributed by atoms with van der Waals surface area (Å²) in [6, 6.07) is 5.26. The van der Waals surface area contributed by atoms with Crippen LogP contribution in [0.4, 0.5) is 4.39 Å². The Morgan fingerprint density at radius 2 is 2.10 bits per heavy atom. The molecule has 1 aromatic carbocycles. The Bertz CT molecular complexity index is 494. The van der Waals surface area contributed by atoms with Crippen molar-refractivity contribution < 1.29 is 18.7 Å². The van der Waals surface area contributed by atoms with E-state index in [1.54, 1.807) is 19.1 Å². The quantitative estimate of drug-likeness (QED) is 0.803. The van der Waals surface area contributed by atoms with Crippen molar-refractivity contribution in [3.8, 4) is 5.75 Å². The smallest absolute Gasteiger partial charge is 0.242 e. The molecule has 5 nitrogen and oxygen atoms in total. The van der Waals surface area contributed by atoms with Crippen LogP contribution in [0.5, 0.6) is 5.75 Å². The molecule has 2 amide bonds. The maximum atomic E-state index is 13.1. The van der Waals surface area contributed by atoms with Crippen LogP contribution in [0, 0.1) is 5.82 Å². The van der Waals surface area contributed by atoms with Gasteiger partial charge < -0.3 is 15.4 Å². The molecule has 0 unspecified atom stereocenters. The molecular weight excluding hydrogens is 275 g/mol. The summed E-state index contributed by atoms with van der Waals surface area (Å²) in [5.41, 5.74) is 0. The van der Waals surface area contributed by atoms with Crippen molar-refractivity contribution in [2.75, 3.05) is 6.54 Å². The minimum Gasteiger partial charge on any atom is -0.489 e. The highest BCUT2D eigenvalue weighted by Crippen LogP contribution is 2.14. The number of hydrogen-bond acceptors (Lipinski definition) is 3. The molecular formula is C15H21FN2O3. The first-order valence-corrected chi connectivity index (χ1v) is 6.89. The summed E-state index contributed by atoms with van der Waals surface area (Å²) >= 11 is 0. The van der Waals surface area contributed by atoms with E-state index in [-0.39, 0.29) is 30.3 Å². The molecule has 0 spiro atoms. The summed E-state index contributed by atoms with van der Waals surface area (Å²) in [5.74, 6) is -0.496. The molecule has 21 heavy (non-hydrogen) atoms. The summed E-state index contributed by atoms with van der Waals surface area (Å²) in [6.07, 6.45) is 0.394. The highest BCUT2D eigenvalue weighted by Gasteiger charge is 2.16. The monoisotopic (exact) mass is 296 g/mol. The third-order valence-electron chi connectivity index (χ3n) is 2.87. The van der Waals surface area contributed by atoms with Crippen molar-refractivity contribution in [3.05, 3.63) is 30.1 Å². The van der Waals surface area contributed by atoms with Gasteiger partial charge >= 0.3 is 0 Å². The molecule has 6 heteroatoms. The minimum atomic E-state index is -0.603. The zero-order valence-electron chi connectivity index (χ0n) is 12.5. The Labute approximate surface area is 123 Å². The Morgan fingerprint density at radius 1 is 1.38 bits per heavy atom. The van der Waals surface area contributed by atoms with Crippen molar-refractivity contribution in [2.24, 2.45) is 0 Å². The lowest BCUT2D eigenvalue weighted by Gasteiger charge is -2.20. The lowest BCUT2D eigenvalue weighted by atomic mass is 10.2. The van der Waals surface area contributed by atoms with E-state index in [1.165, 1.54) is 19.1 Å². The number of amides is 2. The molecule has 0 aromatic heterocycles. The number of halogens is 1. The van der Waals surface area contributed by atoms with Crippen LogP contribution >= 0.6 is 0 Å². The van der Waals surface area contributed by atoms with Crippen LogP contribution in [0.3, 0.4) is 0 Å². The van der Waals surface area contributed by atoms with E-state index in [0.717, 1.165) is 0 Å². The number of ether oxygens (including phenoxy) is 1. The van der Waals surface area contributed by atoms with Crippen molar-refractivity contribution in [1.82, 2.24) is 10.6 Å². The lowest BCUT2D eigenvalue weighted by molar-refractivity contribution is -0.127. The first kappa shape index (κ1) is 16.9. The van der Waals surface area contributed by atoms with Gasteiger partial charge in [0.1, 0.15) is 23.7 Å². The predicted octanol–water partition coefficient (Wildman–Crippen LogP) is 1.62. The van der Waals surface area contributed by atoms with Gasteiger partial charge in [-0.1, -0.05) is 13.0 Å². The molecule has 0 saturated carbocycles. The van der Waals surface area contributed by atoms with E-state index in [0.29, 0.717) is 12.2 Å². The Morgan fingerprint density at radius 3 is 2.67 bits per heavy atom. The maximum absolute atomic E-state index is 13.1. The van der Waals surface area contributed by atoms with Crippen LogP contribution in [-0.2, 0) is 9.59 Å². The van der Waals surface area contributed by atoms with E-state index in [1.807, 2.05) is 6.92 Å². The highest BCUT2D eigenvalue weighted by atomic mass is 19.1. The standard InChI is InChI=1S/C15H21FN2O3/c1-4-13(21-14-7-5-6-12(16)8-14)9-17-15(20)10(2)18-11(3)19/h5-8,10,13H,4,9H2,1-3H3,(H,17,20)(H,18,19)/t10-,13-/m1/s1. The molecule has 0 aliphatic rings. The Hall–Kier alpha value is -2.11. The van der Waals surface area contributed by atoms with E-state index in [9.17, 15) is 14.0 Å². The SMILES string of the molecule is CC[C@H](CNC(=O)[C@@H](C)NC(C)=O)Oc1cccc(F)c1. The molecule has 2 N–H and O–H groups in total. The van der Waals surface area contributed by atoms with Crippen LogP contribution < -0.4 is 15.4 Å². The van der Waals surface area contributed by atoms with Crippen LogP contribution in [-0.4, -0.2) is 30.5 Å². The fraction of sp³-hybridized carbons (Fsp3) is 0.467. The molecule has 1 rings (SSSR count). The van der Waals surface area contributed by atoms with Crippen molar-refractivity contribution in [1.29, 1.82) is 0 Å². The predicted molar refractivity (Wildman–Crippen MR) is 77.4 cm³/mol. The van der Waals surface area contributed by atoms with Gasteiger partial charge in [0, 0.05) is 13.0 Å². The molecule has 1 aromatic rings. The van der Waals surface area contributed by atoms with E-state index in [4.69, 9.17) is 4.74 Å². The lowest BCUT2D eigenvalue weighted by Crippen LogP contribution is -2.46. The molecule has 0 radical (unpaired) electrons. The first-order valence-electron chi connectivity index (χ1n) is 6.89. The number of nitrogens with one attached hydrogen (secondary N) is 2. The van der Waals surface area contributed by atoms with E-state index < -0.39 is 6.04 Å². The normalized spacial score (nSPS) is 13.1. The van der Waals surface area contributed by atoms with Crippen LogP contribution in [0.25, 0.3) is 0 Å². The van der Waals surface area contributed by atoms with Gasteiger partial charge in [0.15, 0.2) is 0 Å². The average Bonchev–Trinajstić information content (AvgIpc) is 2.42. The van der Waals surface area contributed by atoms with Gasteiger partial charge in [-0.15, -0.1) is 0 Å². The van der Waals surface area contributed by atoms with Gasteiger partial charge in [0.05, 0.1) is 6.54 Å². The summed E-state index contributed by atoms with van der Waals surface area (Å²) in [7, 11) is 0. The molecule has 116 valence electrons. The van der Waals surface area contributed by atoms with E-state index in [2.05, 4.69) is 10.6 Å². The number of carbonyl (C=O) groups excluding carboxylic acids is 2. The third kappa shape index (κ3) is 6.25. The molecule has 2 atom stereocenters. The van der Waals surface area contributed by atoms with E-state index >= 15 is 0 Å². The van der Waals surface area contributed by atoms with Gasteiger partial charge in [0.2, 0.25) is 11.8 Å². The van der Waals surface area contributed by atoms with Crippen molar-refractivity contribution in [3.63, 3.8) is 0 Å². The molecule has 0 heterocycles. The van der Waals surface area contributed by atoms with Crippen LogP contribution in [0.1, 0.15) is 27.2 Å². The van der Waals surface area contributed by atoms with Gasteiger partial charge in [-0.3, -0.25) is 9.59 Å². The van der Waals surface area contributed by atoms with Gasteiger partial charge in [-0.25, -0.2) is 4.39 Å². The van der Waals surface area contributed by atoms with Gasteiger partial charge in [-0.05, 0) is 25.5 Å². The fourth-order valence-electron chi connectivity index (χ4n) is 1.74. The summed E-state index contributed by atoms with van der Waals surface area (Å²) < 4.78 is 18.7. The average molecular weight is 296 g/mol. The van der Waals surface area contributed by atoms with Crippen LogP contribution in [0.15, 0.2) is 24.3 Å². The first-order chi connectivity index (χ1) is 9.92. The van der Waals surface area contributed by atoms with Gasteiger partial charge in [-0.2, -0.15) is 0 Å². The third-order valence-corrected chi connectivity index (χ3v) is 2.87. The van der Waals surface area contributed by atoms with Crippen molar-refractivity contribution in [2.45, 2.75) is 39.3 Å². The molecule has 0 bridgehead atoms.